The van der Waals surface area contributed by atoms with Crippen LogP contribution in [0.25, 0.3) is 0 Å². The molecule has 1 saturated heterocycles. The highest BCUT2D eigenvalue weighted by atomic mass is 16.5. The van der Waals surface area contributed by atoms with Crippen molar-refractivity contribution >= 4 is 17.8 Å². The number of nitrogens with one attached hydrogen (secondary N) is 1. The maximum absolute atomic E-state index is 12.3. The van der Waals surface area contributed by atoms with Crippen molar-refractivity contribution in [2.24, 2.45) is 0 Å². The van der Waals surface area contributed by atoms with E-state index in [-0.39, 0.29) is 24.9 Å². The number of hydrogen-bond donors (Lipinski definition) is 2. The van der Waals surface area contributed by atoms with E-state index in [1.165, 1.54) is 18.7 Å². The Kier molecular flexibility index (Phi) is 6.44. The second-order valence-electron chi connectivity index (χ2n) is 4.88. The van der Waals surface area contributed by atoms with Crippen LogP contribution in [0.3, 0.4) is 0 Å². The molecule has 0 bridgehead atoms. The zero-order valence-electron chi connectivity index (χ0n) is 11.9. The first-order chi connectivity index (χ1) is 9.43. The first kappa shape index (κ1) is 16.4. The van der Waals surface area contributed by atoms with Crippen LogP contribution < -0.4 is 5.32 Å². The second-order valence-corrected chi connectivity index (χ2v) is 4.88. The first-order valence-electron chi connectivity index (χ1n) is 6.82. The Morgan fingerprint density at radius 1 is 1.40 bits per heavy atom. The van der Waals surface area contributed by atoms with Crippen molar-refractivity contribution in [2.45, 2.75) is 45.3 Å². The molecule has 0 aromatic carbocycles. The maximum Gasteiger partial charge on any atom is 0.326 e. The summed E-state index contributed by atoms with van der Waals surface area (Å²) in [5, 5.41) is 11.6. The van der Waals surface area contributed by atoms with E-state index in [0.717, 1.165) is 12.8 Å². The molecule has 0 aromatic heterocycles. The largest absolute Gasteiger partial charge is 0.480 e. The Morgan fingerprint density at radius 2 is 2.10 bits per heavy atom. The van der Waals surface area contributed by atoms with Gasteiger partial charge in [-0.1, -0.05) is 0 Å². The highest BCUT2D eigenvalue weighted by molar-refractivity contribution is 5.86. The van der Waals surface area contributed by atoms with Crippen LogP contribution in [0.5, 0.6) is 0 Å². The van der Waals surface area contributed by atoms with E-state index >= 15 is 0 Å². The SMILES string of the molecule is CC(=O)NCCN(C(=O)C1CCCCO1)C(C)C(=O)O. The summed E-state index contributed by atoms with van der Waals surface area (Å²) < 4.78 is 5.41. The van der Waals surface area contributed by atoms with Crippen LogP contribution in [0.1, 0.15) is 33.1 Å². The van der Waals surface area contributed by atoms with Gasteiger partial charge in [-0.05, 0) is 26.2 Å². The van der Waals surface area contributed by atoms with Gasteiger partial charge in [-0.25, -0.2) is 4.79 Å². The average molecular weight is 286 g/mol. The first-order valence-corrected chi connectivity index (χ1v) is 6.82. The number of carbonyl (C=O) groups is 3. The molecule has 1 rings (SSSR count). The van der Waals surface area contributed by atoms with Crippen LogP contribution in [0, 0.1) is 0 Å². The molecule has 7 heteroatoms. The number of carboxylic acids is 1. The van der Waals surface area contributed by atoms with Crippen molar-refractivity contribution in [3.8, 4) is 0 Å². The predicted molar refractivity (Wildman–Crippen MR) is 71.1 cm³/mol. The number of ether oxygens (including phenoxy) is 1. The number of carbonyl (C=O) groups excluding carboxylic acids is 2. The van der Waals surface area contributed by atoms with Gasteiger partial charge in [-0.3, -0.25) is 9.59 Å². The molecule has 1 aliphatic rings. The predicted octanol–water partition coefficient (Wildman–Crippen LogP) is -0.00670. The highest BCUT2D eigenvalue weighted by Crippen LogP contribution is 2.16. The van der Waals surface area contributed by atoms with Gasteiger partial charge in [0.05, 0.1) is 0 Å². The molecule has 1 heterocycles. The van der Waals surface area contributed by atoms with Crippen molar-refractivity contribution in [3.63, 3.8) is 0 Å². The average Bonchev–Trinajstić information content (AvgIpc) is 2.43. The van der Waals surface area contributed by atoms with Crippen molar-refractivity contribution in [1.29, 1.82) is 0 Å². The van der Waals surface area contributed by atoms with E-state index in [4.69, 9.17) is 9.84 Å². The fourth-order valence-electron chi connectivity index (χ4n) is 2.10. The molecule has 2 N–H and O–H groups in total. The van der Waals surface area contributed by atoms with Crippen LogP contribution >= 0.6 is 0 Å². The molecule has 2 unspecified atom stereocenters. The molecule has 114 valence electrons. The van der Waals surface area contributed by atoms with Gasteiger partial charge in [0, 0.05) is 26.6 Å². The van der Waals surface area contributed by atoms with Gasteiger partial charge in [0.2, 0.25) is 5.91 Å². The minimum Gasteiger partial charge on any atom is -0.480 e. The second kappa shape index (κ2) is 7.84. The normalized spacial score (nSPS) is 20.0. The number of hydrogen-bond acceptors (Lipinski definition) is 4. The van der Waals surface area contributed by atoms with E-state index in [9.17, 15) is 14.4 Å². The van der Waals surface area contributed by atoms with Gasteiger partial charge < -0.3 is 20.1 Å². The molecule has 2 amide bonds. The summed E-state index contributed by atoms with van der Waals surface area (Å²) in [6.45, 7) is 3.74. The Balaban J connectivity index is 2.66. The summed E-state index contributed by atoms with van der Waals surface area (Å²) in [6, 6.07) is -0.943. The van der Waals surface area contributed by atoms with E-state index in [1.807, 2.05) is 0 Å². The molecule has 0 spiro atoms. The summed E-state index contributed by atoms with van der Waals surface area (Å²) in [5.74, 6) is -1.60. The molecule has 1 fully saturated rings. The van der Waals surface area contributed by atoms with E-state index < -0.39 is 18.1 Å². The van der Waals surface area contributed by atoms with Crippen LogP contribution in [-0.4, -0.2) is 59.6 Å². The van der Waals surface area contributed by atoms with Crippen LogP contribution in [0.15, 0.2) is 0 Å². The fraction of sp³-hybridized carbons (Fsp3) is 0.769. The molecule has 0 aromatic rings. The third kappa shape index (κ3) is 4.80. The quantitative estimate of drug-likeness (QED) is 0.716. The van der Waals surface area contributed by atoms with Gasteiger partial charge in [0.15, 0.2) is 0 Å². The topological polar surface area (TPSA) is 95.9 Å². The molecule has 7 nitrogen and oxygen atoms in total. The maximum atomic E-state index is 12.3. The lowest BCUT2D eigenvalue weighted by atomic mass is 10.1. The molecular formula is C13H22N2O5. The van der Waals surface area contributed by atoms with Crippen molar-refractivity contribution < 1.29 is 24.2 Å². The summed E-state index contributed by atoms with van der Waals surface area (Å²) in [5.41, 5.74) is 0. The highest BCUT2D eigenvalue weighted by Gasteiger charge is 2.32. The van der Waals surface area contributed by atoms with Crippen molar-refractivity contribution in [1.82, 2.24) is 10.2 Å². The summed E-state index contributed by atoms with van der Waals surface area (Å²) in [4.78, 5) is 35.6. The number of rotatable bonds is 6. The molecule has 2 atom stereocenters. The van der Waals surface area contributed by atoms with E-state index in [0.29, 0.717) is 13.0 Å². The molecule has 20 heavy (non-hydrogen) atoms. The molecule has 1 aliphatic heterocycles. The smallest absolute Gasteiger partial charge is 0.326 e. The van der Waals surface area contributed by atoms with Gasteiger partial charge in [-0.2, -0.15) is 0 Å². The lowest BCUT2D eigenvalue weighted by Crippen LogP contribution is -2.51. The molecular weight excluding hydrogens is 264 g/mol. The van der Waals surface area contributed by atoms with Crippen molar-refractivity contribution in [3.05, 3.63) is 0 Å². The number of aliphatic carboxylic acids is 1. The Labute approximate surface area is 118 Å². The number of nitrogens with zero attached hydrogens (tertiary/aromatic N) is 1. The van der Waals surface area contributed by atoms with E-state index in [2.05, 4.69) is 5.32 Å². The molecule has 0 aliphatic carbocycles. The third-order valence-corrected chi connectivity index (χ3v) is 3.29. The third-order valence-electron chi connectivity index (χ3n) is 3.29. The van der Waals surface area contributed by atoms with Crippen LogP contribution in [-0.2, 0) is 19.1 Å². The van der Waals surface area contributed by atoms with Crippen molar-refractivity contribution in [2.75, 3.05) is 19.7 Å². The van der Waals surface area contributed by atoms with Crippen LogP contribution in [0.4, 0.5) is 0 Å². The fourth-order valence-corrected chi connectivity index (χ4v) is 2.10. The van der Waals surface area contributed by atoms with Gasteiger partial charge in [0.1, 0.15) is 12.1 Å². The summed E-state index contributed by atoms with van der Waals surface area (Å²) in [6.07, 6.45) is 1.87. The molecule has 0 saturated carbocycles. The minimum absolute atomic E-state index is 0.158. The lowest BCUT2D eigenvalue weighted by Gasteiger charge is -2.31. The number of carboxylic acid groups (broad SMARTS) is 1. The standard InChI is InChI=1S/C13H22N2O5/c1-9(13(18)19)15(7-6-14-10(2)16)12(17)11-5-3-4-8-20-11/h9,11H,3-8H2,1-2H3,(H,14,16)(H,18,19). The zero-order valence-corrected chi connectivity index (χ0v) is 11.9. The Hall–Kier alpha value is -1.63. The number of amides is 2. The van der Waals surface area contributed by atoms with E-state index in [1.54, 1.807) is 0 Å². The summed E-state index contributed by atoms with van der Waals surface area (Å²) >= 11 is 0. The van der Waals surface area contributed by atoms with Crippen LogP contribution in [0.2, 0.25) is 0 Å². The zero-order chi connectivity index (χ0) is 15.1. The van der Waals surface area contributed by atoms with Gasteiger partial charge >= 0.3 is 5.97 Å². The Bertz CT molecular complexity index is 366. The molecule has 0 radical (unpaired) electrons. The lowest BCUT2D eigenvalue weighted by molar-refractivity contribution is -0.157. The summed E-state index contributed by atoms with van der Waals surface area (Å²) in [7, 11) is 0. The Morgan fingerprint density at radius 3 is 2.60 bits per heavy atom. The van der Waals surface area contributed by atoms with Gasteiger partial charge in [0.25, 0.3) is 5.91 Å². The van der Waals surface area contributed by atoms with Gasteiger partial charge in [-0.15, -0.1) is 0 Å². The monoisotopic (exact) mass is 286 g/mol. The minimum atomic E-state index is -1.07.